The second kappa shape index (κ2) is 5.17. The van der Waals surface area contributed by atoms with Crippen molar-refractivity contribution in [3.8, 4) is 5.75 Å². The van der Waals surface area contributed by atoms with Crippen LogP contribution < -0.4 is 4.74 Å². The van der Waals surface area contributed by atoms with Gasteiger partial charge in [0.15, 0.2) is 0 Å². The van der Waals surface area contributed by atoms with Crippen LogP contribution in [0.2, 0.25) is 0 Å². The van der Waals surface area contributed by atoms with Crippen molar-refractivity contribution >= 4 is 0 Å². The summed E-state index contributed by atoms with van der Waals surface area (Å²) in [5.41, 5.74) is 2.63. The Morgan fingerprint density at radius 1 is 1.27 bits per heavy atom. The third-order valence-corrected chi connectivity index (χ3v) is 2.41. The summed E-state index contributed by atoms with van der Waals surface area (Å²) in [6, 6.07) is 6.43. The molecule has 0 spiro atoms. The molecule has 0 N–H and O–H groups in total. The smallest absolute Gasteiger partial charge is 0.122 e. The normalized spacial score (nSPS) is 11.1. The molecule has 0 aliphatic carbocycles. The molecule has 0 unspecified atom stereocenters. The molecule has 1 aromatic carbocycles. The van der Waals surface area contributed by atoms with E-state index in [2.05, 4.69) is 51.0 Å². The van der Waals surface area contributed by atoms with Gasteiger partial charge in [0, 0.05) is 6.54 Å². The van der Waals surface area contributed by atoms with Crippen LogP contribution in [0.25, 0.3) is 0 Å². The number of benzene rings is 1. The number of methoxy groups -OCH3 is 1. The molecule has 0 bridgehead atoms. The van der Waals surface area contributed by atoms with Crippen molar-refractivity contribution in [2.45, 2.75) is 26.3 Å². The Balaban J connectivity index is 2.99. The summed E-state index contributed by atoms with van der Waals surface area (Å²) in [6.07, 6.45) is 0. The van der Waals surface area contributed by atoms with Crippen LogP contribution in [0.15, 0.2) is 18.2 Å². The first kappa shape index (κ1) is 12.1. The van der Waals surface area contributed by atoms with Crippen molar-refractivity contribution in [2.24, 2.45) is 0 Å². The molecule has 1 aromatic rings. The number of hydrogen-bond acceptors (Lipinski definition) is 2. The summed E-state index contributed by atoms with van der Waals surface area (Å²) in [5.74, 6) is 1.49. The third kappa shape index (κ3) is 3.24. The van der Waals surface area contributed by atoms with Crippen LogP contribution in [0.4, 0.5) is 0 Å². The Hall–Kier alpha value is -1.02. The Morgan fingerprint density at radius 3 is 2.40 bits per heavy atom. The van der Waals surface area contributed by atoms with Gasteiger partial charge in [0.05, 0.1) is 7.11 Å². The van der Waals surface area contributed by atoms with E-state index in [1.54, 1.807) is 7.11 Å². The van der Waals surface area contributed by atoms with Gasteiger partial charge < -0.3 is 9.64 Å². The van der Waals surface area contributed by atoms with Gasteiger partial charge in [-0.1, -0.05) is 26.0 Å². The lowest BCUT2D eigenvalue weighted by Gasteiger charge is -2.15. The summed E-state index contributed by atoms with van der Waals surface area (Å²) in [5, 5.41) is 0. The minimum Gasteiger partial charge on any atom is -0.496 e. The van der Waals surface area contributed by atoms with Gasteiger partial charge in [0.25, 0.3) is 0 Å². The van der Waals surface area contributed by atoms with Crippen LogP contribution in [0.1, 0.15) is 30.9 Å². The molecule has 0 saturated carbocycles. The minimum atomic E-state index is 0.502. The van der Waals surface area contributed by atoms with E-state index < -0.39 is 0 Å². The predicted molar refractivity (Wildman–Crippen MR) is 64.5 cm³/mol. The zero-order chi connectivity index (χ0) is 11.4. The van der Waals surface area contributed by atoms with Crippen molar-refractivity contribution in [1.29, 1.82) is 0 Å². The van der Waals surface area contributed by atoms with Gasteiger partial charge in [-0.3, -0.25) is 0 Å². The highest BCUT2D eigenvalue weighted by atomic mass is 16.5. The van der Waals surface area contributed by atoms with E-state index in [1.165, 1.54) is 11.1 Å². The van der Waals surface area contributed by atoms with Gasteiger partial charge in [-0.25, -0.2) is 0 Å². The van der Waals surface area contributed by atoms with Crippen molar-refractivity contribution in [1.82, 2.24) is 4.90 Å². The van der Waals surface area contributed by atoms with Crippen LogP contribution in [0.5, 0.6) is 5.75 Å². The van der Waals surface area contributed by atoms with Crippen LogP contribution in [0, 0.1) is 0 Å². The second-order valence-electron chi connectivity index (χ2n) is 4.47. The molecular formula is C13H21NO. The highest BCUT2D eigenvalue weighted by molar-refractivity contribution is 5.39. The topological polar surface area (TPSA) is 12.5 Å². The Morgan fingerprint density at radius 2 is 1.93 bits per heavy atom. The molecule has 84 valence electrons. The van der Waals surface area contributed by atoms with E-state index in [4.69, 9.17) is 4.74 Å². The average Bonchev–Trinajstić information content (AvgIpc) is 2.16. The second-order valence-corrected chi connectivity index (χ2v) is 4.47. The highest BCUT2D eigenvalue weighted by Gasteiger charge is 2.08. The van der Waals surface area contributed by atoms with Crippen molar-refractivity contribution < 1.29 is 4.74 Å². The van der Waals surface area contributed by atoms with Crippen molar-refractivity contribution in [2.75, 3.05) is 21.2 Å². The Bertz CT molecular complexity index is 318. The molecule has 0 aliphatic rings. The highest BCUT2D eigenvalue weighted by Crippen LogP contribution is 2.27. The molecular weight excluding hydrogens is 186 g/mol. The largest absolute Gasteiger partial charge is 0.496 e. The standard InChI is InChI=1S/C13H21NO/c1-10(2)12-8-11(9-14(3)4)6-7-13(12)15-5/h6-8,10H,9H2,1-5H3. The predicted octanol–water partition coefficient (Wildman–Crippen LogP) is 2.88. The maximum atomic E-state index is 5.35. The Labute approximate surface area is 92.9 Å². The maximum Gasteiger partial charge on any atom is 0.122 e. The first-order valence-electron chi connectivity index (χ1n) is 5.36. The van der Waals surface area contributed by atoms with E-state index >= 15 is 0 Å². The SMILES string of the molecule is COc1ccc(CN(C)C)cc1C(C)C. The lowest BCUT2D eigenvalue weighted by atomic mass is 9.99. The maximum absolute atomic E-state index is 5.35. The van der Waals surface area contributed by atoms with Gasteiger partial charge in [0.2, 0.25) is 0 Å². The summed E-state index contributed by atoms with van der Waals surface area (Å²) < 4.78 is 5.35. The molecule has 0 aliphatic heterocycles. The molecule has 0 fully saturated rings. The van der Waals surface area contributed by atoms with E-state index in [0.29, 0.717) is 5.92 Å². The van der Waals surface area contributed by atoms with Gasteiger partial charge >= 0.3 is 0 Å². The van der Waals surface area contributed by atoms with Crippen LogP contribution in [0.3, 0.4) is 0 Å². The average molecular weight is 207 g/mol. The summed E-state index contributed by atoms with van der Waals surface area (Å²) >= 11 is 0. The van der Waals surface area contributed by atoms with E-state index in [-0.39, 0.29) is 0 Å². The fourth-order valence-electron chi connectivity index (χ4n) is 1.70. The lowest BCUT2D eigenvalue weighted by molar-refractivity contribution is 0.396. The molecule has 0 saturated heterocycles. The molecule has 2 nitrogen and oxygen atoms in total. The van der Waals surface area contributed by atoms with E-state index in [9.17, 15) is 0 Å². The molecule has 15 heavy (non-hydrogen) atoms. The van der Waals surface area contributed by atoms with Gasteiger partial charge in [-0.05, 0) is 37.2 Å². The molecule has 0 radical (unpaired) electrons. The zero-order valence-electron chi connectivity index (χ0n) is 10.4. The van der Waals surface area contributed by atoms with Crippen LogP contribution >= 0.6 is 0 Å². The quantitative estimate of drug-likeness (QED) is 0.752. The third-order valence-electron chi connectivity index (χ3n) is 2.41. The number of hydrogen-bond donors (Lipinski definition) is 0. The van der Waals surface area contributed by atoms with Crippen LogP contribution in [-0.4, -0.2) is 26.1 Å². The van der Waals surface area contributed by atoms with Crippen LogP contribution in [-0.2, 0) is 6.54 Å². The molecule has 0 heterocycles. The molecule has 0 aromatic heterocycles. The van der Waals surface area contributed by atoms with Gasteiger partial charge in [-0.2, -0.15) is 0 Å². The first-order valence-corrected chi connectivity index (χ1v) is 5.36. The summed E-state index contributed by atoms with van der Waals surface area (Å²) in [6.45, 7) is 5.36. The van der Waals surface area contributed by atoms with E-state index in [1.807, 2.05) is 0 Å². The zero-order valence-corrected chi connectivity index (χ0v) is 10.4. The lowest BCUT2D eigenvalue weighted by Crippen LogP contribution is -2.11. The van der Waals surface area contributed by atoms with Gasteiger partial charge in [0.1, 0.15) is 5.75 Å². The van der Waals surface area contributed by atoms with Gasteiger partial charge in [-0.15, -0.1) is 0 Å². The Kier molecular flexibility index (Phi) is 4.15. The van der Waals surface area contributed by atoms with E-state index in [0.717, 1.165) is 12.3 Å². The molecule has 0 amide bonds. The molecule has 2 heteroatoms. The monoisotopic (exact) mass is 207 g/mol. The first-order chi connectivity index (χ1) is 7.04. The van der Waals surface area contributed by atoms with Crippen molar-refractivity contribution in [3.63, 3.8) is 0 Å². The fourth-order valence-corrected chi connectivity index (χ4v) is 1.70. The summed E-state index contributed by atoms with van der Waals surface area (Å²) in [7, 11) is 5.89. The van der Waals surface area contributed by atoms with Crippen molar-refractivity contribution in [3.05, 3.63) is 29.3 Å². The minimum absolute atomic E-state index is 0.502. The molecule has 0 atom stereocenters. The number of rotatable bonds is 4. The fraction of sp³-hybridized carbons (Fsp3) is 0.538. The molecule has 1 rings (SSSR count). The number of nitrogens with zero attached hydrogens (tertiary/aromatic N) is 1. The number of ether oxygens (including phenoxy) is 1. The summed E-state index contributed by atoms with van der Waals surface area (Å²) in [4.78, 5) is 2.17.